The summed E-state index contributed by atoms with van der Waals surface area (Å²) in [5.74, 6) is 1.53. The first-order chi connectivity index (χ1) is 5.59. The first-order valence-electron chi connectivity index (χ1n) is 4.92. The maximum Gasteiger partial charge on any atom is 0.190 e. The zero-order valence-electron chi connectivity index (χ0n) is 8.21. The molecule has 0 N–H and O–H groups in total. The average Bonchev–Trinajstić information content (AvgIpc) is 2.28. The normalized spacial score (nSPS) is 44.4. The third-order valence-electron chi connectivity index (χ3n) is 3.37. The molecule has 0 saturated carbocycles. The van der Waals surface area contributed by atoms with Crippen LogP contribution in [0.4, 0.5) is 0 Å². The molecular formula is C10H18OSi. The third kappa shape index (κ3) is 1.27. The lowest BCUT2D eigenvalue weighted by molar-refractivity contribution is 0.320. The predicted molar refractivity (Wildman–Crippen MR) is 53.6 cm³/mol. The molecule has 0 bridgehead atoms. The van der Waals surface area contributed by atoms with E-state index in [1.54, 1.807) is 0 Å². The van der Waals surface area contributed by atoms with E-state index in [2.05, 4.69) is 32.2 Å². The van der Waals surface area contributed by atoms with Gasteiger partial charge in [0.1, 0.15) is 0 Å². The van der Waals surface area contributed by atoms with E-state index < -0.39 is 8.32 Å². The van der Waals surface area contributed by atoms with Gasteiger partial charge in [0.05, 0.1) is 0 Å². The Morgan fingerprint density at radius 2 is 2.08 bits per heavy atom. The smallest absolute Gasteiger partial charge is 0.190 e. The van der Waals surface area contributed by atoms with E-state index in [9.17, 15) is 0 Å². The van der Waals surface area contributed by atoms with Crippen molar-refractivity contribution in [2.75, 3.05) is 6.61 Å². The number of allylic oxidation sites excluding steroid dienone is 1. The third-order valence-corrected chi connectivity index (χ3v) is 6.73. The second-order valence-electron chi connectivity index (χ2n) is 4.78. The predicted octanol–water partition coefficient (Wildman–Crippen LogP) is 2.80. The molecule has 3 atom stereocenters. The number of rotatable bonds is 0. The summed E-state index contributed by atoms with van der Waals surface area (Å²) in [4.78, 5) is 0. The molecule has 0 amide bonds. The summed E-state index contributed by atoms with van der Waals surface area (Å²) in [7, 11) is -1.30. The SMILES string of the molecule is C[C@@H]1C=C[C@@H]2CO[Si](C)(C)C2C1. The van der Waals surface area contributed by atoms with Crippen LogP contribution >= 0.6 is 0 Å². The van der Waals surface area contributed by atoms with Crippen LogP contribution in [0, 0.1) is 11.8 Å². The van der Waals surface area contributed by atoms with E-state index in [0.29, 0.717) is 0 Å². The Hall–Kier alpha value is -0.0831. The van der Waals surface area contributed by atoms with Crippen LogP contribution in [0.25, 0.3) is 0 Å². The fourth-order valence-corrected chi connectivity index (χ4v) is 5.52. The van der Waals surface area contributed by atoms with Gasteiger partial charge in [0, 0.05) is 12.5 Å². The average molecular weight is 182 g/mol. The van der Waals surface area contributed by atoms with Crippen LogP contribution in [0.15, 0.2) is 12.2 Å². The molecule has 12 heavy (non-hydrogen) atoms. The van der Waals surface area contributed by atoms with Crippen molar-refractivity contribution in [3.8, 4) is 0 Å². The van der Waals surface area contributed by atoms with Gasteiger partial charge >= 0.3 is 0 Å². The van der Waals surface area contributed by atoms with Crippen LogP contribution in [-0.2, 0) is 4.43 Å². The van der Waals surface area contributed by atoms with Crippen molar-refractivity contribution >= 4 is 8.32 Å². The minimum Gasteiger partial charge on any atom is -0.416 e. The molecule has 1 aliphatic carbocycles. The second kappa shape index (κ2) is 2.71. The van der Waals surface area contributed by atoms with Crippen LogP contribution < -0.4 is 0 Å². The molecule has 2 heteroatoms. The van der Waals surface area contributed by atoms with E-state index in [-0.39, 0.29) is 0 Å². The second-order valence-corrected chi connectivity index (χ2v) is 9.02. The summed E-state index contributed by atoms with van der Waals surface area (Å²) in [6.07, 6.45) is 6.11. The summed E-state index contributed by atoms with van der Waals surface area (Å²) in [5, 5.41) is 0. The van der Waals surface area contributed by atoms with Crippen LogP contribution in [0.1, 0.15) is 13.3 Å². The van der Waals surface area contributed by atoms with Crippen molar-refractivity contribution in [1.82, 2.24) is 0 Å². The summed E-state index contributed by atoms with van der Waals surface area (Å²) in [6, 6.07) is 0. The van der Waals surface area contributed by atoms with Crippen LogP contribution in [-0.4, -0.2) is 14.9 Å². The largest absolute Gasteiger partial charge is 0.416 e. The van der Waals surface area contributed by atoms with Crippen molar-refractivity contribution in [3.63, 3.8) is 0 Å². The van der Waals surface area contributed by atoms with Gasteiger partial charge in [-0.3, -0.25) is 0 Å². The first-order valence-corrected chi connectivity index (χ1v) is 7.90. The fourth-order valence-electron chi connectivity index (χ4n) is 2.51. The highest BCUT2D eigenvalue weighted by atomic mass is 28.4. The van der Waals surface area contributed by atoms with E-state index in [4.69, 9.17) is 4.43 Å². The minimum absolute atomic E-state index is 0.753. The number of hydrogen-bond donors (Lipinski definition) is 0. The molecule has 1 unspecified atom stereocenters. The highest BCUT2D eigenvalue weighted by molar-refractivity contribution is 6.73. The standard InChI is InChI=1S/C10H18OSi/c1-8-4-5-9-7-11-12(2,3)10(9)6-8/h4-5,8-10H,6-7H2,1-3H3/t8-,9-,10?/m1/s1. The Morgan fingerprint density at radius 1 is 1.33 bits per heavy atom. The molecule has 68 valence electrons. The van der Waals surface area contributed by atoms with Gasteiger partial charge in [0.15, 0.2) is 8.32 Å². The van der Waals surface area contributed by atoms with Gasteiger partial charge in [-0.1, -0.05) is 19.1 Å². The summed E-state index contributed by atoms with van der Waals surface area (Å²) >= 11 is 0. The Labute approximate surface area is 75.9 Å². The molecule has 1 heterocycles. The maximum atomic E-state index is 5.92. The van der Waals surface area contributed by atoms with Crippen molar-refractivity contribution in [1.29, 1.82) is 0 Å². The molecule has 2 rings (SSSR count). The van der Waals surface area contributed by atoms with E-state index >= 15 is 0 Å². The maximum absolute atomic E-state index is 5.92. The van der Waals surface area contributed by atoms with Crippen LogP contribution in [0.2, 0.25) is 18.6 Å². The highest BCUT2D eigenvalue weighted by Gasteiger charge is 2.45. The molecule has 1 fully saturated rings. The molecule has 0 aromatic heterocycles. The number of fused-ring (bicyclic) bond motifs is 1. The Morgan fingerprint density at radius 3 is 2.83 bits per heavy atom. The quantitative estimate of drug-likeness (QED) is 0.413. The topological polar surface area (TPSA) is 9.23 Å². The van der Waals surface area contributed by atoms with Gasteiger partial charge in [-0.2, -0.15) is 0 Å². The van der Waals surface area contributed by atoms with Gasteiger partial charge in [-0.25, -0.2) is 0 Å². The summed E-state index contributed by atoms with van der Waals surface area (Å²) in [5.41, 5.74) is 0.887. The Bertz CT molecular complexity index is 210. The van der Waals surface area contributed by atoms with E-state index in [1.807, 2.05) is 0 Å². The molecular weight excluding hydrogens is 164 g/mol. The zero-order valence-corrected chi connectivity index (χ0v) is 9.21. The fraction of sp³-hybridized carbons (Fsp3) is 0.800. The van der Waals surface area contributed by atoms with Gasteiger partial charge < -0.3 is 4.43 Å². The van der Waals surface area contributed by atoms with Crippen LogP contribution in [0.3, 0.4) is 0 Å². The highest BCUT2D eigenvalue weighted by Crippen LogP contribution is 2.45. The summed E-state index contributed by atoms with van der Waals surface area (Å²) < 4.78 is 5.92. The first kappa shape index (κ1) is 8.51. The van der Waals surface area contributed by atoms with Gasteiger partial charge in [0.25, 0.3) is 0 Å². The van der Waals surface area contributed by atoms with Crippen molar-refractivity contribution in [2.24, 2.45) is 11.8 Å². The van der Waals surface area contributed by atoms with E-state index in [1.165, 1.54) is 6.42 Å². The minimum atomic E-state index is -1.30. The van der Waals surface area contributed by atoms with E-state index in [0.717, 1.165) is 24.0 Å². The number of hydrogen-bond acceptors (Lipinski definition) is 1. The zero-order chi connectivity index (χ0) is 8.77. The molecule has 1 nitrogen and oxygen atoms in total. The van der Waals surface area contributed by atoms with Crippen LogP contribution in [0.5, 0.6) is 0 Å². The lowest BCUT2D eigenvalue weighted by atomic mass is 9.90. The van der Waals surface area contributed by atoms with Crippen molar-refractivity contribution in [3.05, 3.63) is 12.2 Å². The molecule has 2 aliphatic rings. The molecule has 0 aromatic rings. The molecule has 0 aromatic carbocycles. The molecule has 0 spiro atoms. The summed E-state index contributed by atoms with van der Waals surface area (Å²) in [6.45, 7) is 8.04. The molecule has 1 aliphatic heterocycles. The van der Waals surface area contributed by atoms with Crippen molar-refractivity contribution < 1.29 is 4.43 Å². The Balaban J connectivity index is 2.20. The van der Waals surface area contributed by atoms with Gasteiger partial charge in [0.2, 0.25) is 0 Å². The monoisotopic (exact) mass is 182 g/mol. The lowest BCUT2D eigenvalue weighted by Gasteiger charge is -2.30. The van der Waals surface area contributed by atoms with Gasteiger partial charge in [-0.15, -0.1) is 0 Å². The molecule has 1 saturated heterocycles. The lowest BCUT2D eigenvalue weighted by Crippen LogP contribution is -2.33. The molecule has 0 radical (unpaired) electrons. The van der Waals surface area contributed by atoms with Crippen molar-refractivity contribution in [2.45, 2.75) is 32.0 Å². The Kier molecular flexibility index (Phi) is 1.92. The van der Waals surface area contributed by atoms with Gasteiger partial charge in [-0.05, 0) is 31.0 Å².